The monoisotopic (exact) mass is 265 g/mol. The van der Waals surface area contributed by atoms with Crippen LogP contribution >= 0.6 is 0 Å². The van der Waals surface area contributed by atoms with Crippen molar-refractivity contribution in [3.05, 3.63) is 11.9 Å². The number of likely N-dealkylation sites (N-methyl/N-ethyl adjacent to an activating group) is 1. The zero-order valence-corrected chi connectivity index (χ0v) is 12.3. The first-order chi connectivity index (χ1) is 8.93. The van der Waals surface area contributed by atoms with E-state index in [1.165, 1.54) is 0 Å². The number of hydrogen-bond acceptors (Lipinski definition) is 5. The Bertz CT molecular complexity index is 431. The number of aromatic nitrogens is 2. The van der Waals surface area contributed by atoms with Crippen LogP contribution in [0.3, 0.4) is 0 Å². The largest absolute Gasteiger partial charge is 0.370 e. The molecule has 0 atom stereocenters. The molecule has 0 saturated heterocycles. The van der Waals surface area contributed by atoms with Gasteiger partial charge in [0.25, 0.3) is 0 Å². The molecule has 0 saturated carbocycles. The maximum absolute atomic E-state index is 11.5. The molecule has 0 aliphatic rings. The van der Waals surface area contributed by atoms with Crippen molar-refractivity contribution in [1.29, 1.82) is 0 Å². The topological polar surface area (TPSA) is 70.2 Å². The van der Waals surface area contributed by atoms with Gasteiger partial charge in [0.2, 0.25) is 5.91 Å². The Morgan fingerprint density at radius 3 is 2.32 bits per heavy atom. The maximum Gasteiger partial charge on any atom is 0.241 e. The fraction of sp³-hybridized carbons (Fsp3) is 0.615. The summed E-state index contributed by atoms with van der Waals surface area (Å²) in [7, 11) is 3.46. The lowest BCUT2D eigenvalue weighted by Crippen LogP contribution is -2.29. The van der Waals surface area contributed by atoms with Crippen LogP contribution in [0.15, 0.2) is 6.07 Å². The lowest BCUT2D eigenvalue weighted by atomic mass is 10.2. The summed E-state index contributed by atoms with van der Waals surface area (Å²) in [6.45, 7) is 7.12. The lowest BCUT2D eigenvalue weighted by molar-refractivity contribution is -0.126. The number of hydrogen-bond donors (Lipinski definition) is 2. The predicted molar refractivity (Wildman–Crippen MR) is 77.5 cm³/mol. The van der Waals surface area contributed by atoms with Gasteiger partial charge in [0, 0.05) is 32.6 Å². The van der Waals surface area contributed by atoms with Gasteiger partial charge in [0.05, 0.1) is 6.54 Å². The minimum Gasteiger partial charge on any atom is -0.370 e. The van der Waals surface area contributed by atoms with E-state index in [0.717, 1.165) is 18.2 Å². The van der Waals surface area contributed by atoms with E-state index in [1.807, 2.05) is 26.8 Å². The first-order valence-electron chi connectivity index (χ1n) is 6.51. The number of rotatable bonds is 6. The SMILES string of the molecule is CCNc1cc(NCC(=O)N(C)C)nc(C(C)C)n1. The molecular formula is C13H23N5O. The quantitative estimate of drug-likeness (QED) is 0.816. The zero-order valence-electron chi connectivity index (χ0n) is 12.3. The average molecular weight is 265 g/mol. The van der Waals surface area contributed by atoms with Gasteiger partial charge < -0.3 is 15.5 Å². The zero-order chi connectivity index (χ0) is 14.4. The molecule has 2 N–H and O–H groups in total. The molecule has 0 unspecified atom stereocenters. The van der Waals surface area contributed by atoms with Crippen LogP contribution in [0.25, 0.3) is 0 Å². The Kier molecular flexibility index (Phi) is 5.54. The van der Waals surface area contributed by atoms with Crippen molar-refractivity contribution in [2.75, 3.05) is 37.8 Å². The highest BCUT2D eigenvalue weighted by Crippen LogP contribution is 2.16. The second kappa shape index (κ2) is 6.92. The van der Waals surface area contributed by atoms with E-state index in [9.17, 15) is 4.79 Å². The van der Waals surface area contributed by atoms with Gasteiger partial charge in [-0.1, -0.05) is 13.8 Å². The number of carbonyl (C=O) groups excluding carboxylic acids is 1. The Morgan fingerprint density at radius 1 is 1.26 bits per heavy atom. The Balaban J connectivity index is 2.84. The van der Waals surface area contributed by atoms with E-state index in [1.54, 1.807) is 19.0 Å². The van der Waals surface area contributed by atoms with Crippen LogP contribution in [-0.4, -0.2) is 48.0 Å². The smallest absolute Gasteiger partial charge is 0.241 e. The first-order valence-corrected chi connectivity index (χ1v) is 6.51. The molecule has 0 aliphatic carbocycles. The molecule has 6 heteroatoms. The molecule has 0 aliphatic heterocycles. The van der Waals surface area contributed by atoms with Crippen LogP contribution in [-0.2, 0) is 4.79 Å². The van der Waals surface area contributed by atoms with Gasteiger partial charge in [-0.3, -0.25) is 4.79 Å². The third-order valence-electron chi connectivity index (χ3n) is 2.54. The van der Waals surface area contributed by atoms with E-state index in [2.05, 4.69) is 20.6 Å². The molecule has 1 aromatic heterocycles. The minimum atomic E-state index is 0.00899. The Labute approximate surface area is 114 Å². The first kappa shape index (κ1) is 15.2. The molecular weight excluding hydrogens is 242 g/mol. The molecule has 0 bridgehead atoms. The van der Waals surface area contributed by atoms with Crippen molar-refractivity contribution >= 4 is 17.5 Å². The molecule has 1 amide bonds. The van der Waals surface area contributed by atoms with Gasteiger partial charge in [0.15, 0.2) is 0 Å². The van der Waals surface area contributed by atoms with Crippen LogP contribution in [0.1, 0.15) is 32.5 Å². The molecule has 1 aromatic rings. The fourth-order valence-corrected chi connectivity index (χ4v) is 1.41. The molecule has 106 valence electrons. The average Bonchev–Trinajstić information content (AvgIpc) is 2.35. The molecule has 6 nitrogen and oxygen atoms in total. The third-order valence-corrected chi connectivity index (χ3v) is 2.54. The molecule has 1 rings (SSSR count). The van der Waals surface area contributed by atoms with Gasteiger partial charge in [-0.25, -0.2) is 9.97 Å². The fourth-order valence-electron chi connectivity index (χ4n) is 1.41. The molecule has 0 aromatic carbocycles. The van der Waals surface area contributed by atoms with Crippen molar-refractivity contribution in [2.45, 2.75) is 26.7 Å². The maximum atomic E-state index is 11.5. The highest BCUT2D eigenvalue weighted by Gasteiger charge is 2.09. The molecule has 19 heavy (non-hydrogen) atoms. The van der Waals surface area contributed by atoms with Crippen LogP contribution < -0.4 is 10.6 Å². The van der Waals surface area contributed by atoms with E-state index >= 15 is 0 Å². The Hall–Kier alpha value is -1.85. The Morgan fingerprint density at radius 2 is 1.84 bits per heavy atom. The van der Waals surface area contributed by atoms with E-state index in [0.29, 0.717) is 5.82 Å². The molecule has 1 heterocycles. The second-order valence-corrected chi connectivity index (χ2v) is 4.82. The molecule has 0 spiro atoms. The van der Waals surface area contributed by atoms with E-state index < -0.39 is 0 Å². The van der Waals surface area contributed by atoms with Crippen molar-refractivity contribution in [1.82, 2.24) is 14.9 Å². The number of amides is 1. The molecule has 0 radical (unpaired) electrons. The number of nitrogens with zero attached hydrogens (tertiary/aromatic N) is 3. The highest BCUT2D eigenvalue weighted by atomic mass is 16.2. The van der Waals surface area contributed by atoms with Crippen LogP contribution in [0.5, 0.6) is 0 Å². The number of anilines is 2. The summed E-state index contributed by atoms with van der Waals surface area (Å²) in [5.41, 5.74) is 0. The van der Waals surface area contributed by atoms with Crippen LogP contribution in [0, 0.1) is 0 Å². The standard InChI is InChI=1S/C13H23N5O/c1-6-14-10-7-11(15-8-12(19)18(4)5)17-13(16-10)9(2)3/h7,9H,6,8H2,1-5H3,(H2,14,15,16,17). The van der Waals surface area contributed by atoms with Crippen molar-refractivity contribution < 1.29 is 4.79 Å². The van der Waals surface area contributed by atoms with E-state index in [-0.39, 0.29) is 18.4 Å². The second-order valence-electron chi connectivity index (χ2n) is 4.82. The third kappa shape index (κ3) is 4.73. The normalized spacial score (nSPS) is 10.4. The summed E-state index contributed by atoms with van der Waals surface area (Å²) in [5.74, 6) is 2.46. The lowest BCUT2D eigenvalue weighted by Gasteiger charge is -2.14. The summed E-state index contributed by atoms with van der Waals surface area (Å²) in [6.07, 6.45) is 0. The molecule has 0 fully saturated rings. The van der Waals surface area contributed by atoms with Crippen molar-refractivity contribution in [3.8, 4) is 0 Å². The number of carbonyl (C=O) groups is 1. The summed E-state index contributed by atoms with van der Waals surface area (Å²) < 4.78 is 0. The number of nitrogens with one attached hydrogen (secondary N) is 2. The van der Waals surface area contributed by atoms with Crippen LogP contribution in [0.2, 0.25) is 0 Å². The van der Waals surface area contributed by atoms with Gasteiger partial charge in [-0.2, -0.15) is 0 Å². The van der Waals surface area contributed by atoms with Crippen molar-refractivity contribution in [2.24, 2.45) is 0 Å². The van der Waals surface area contributed by atoms with Gasteiger partial charge >= 0.3 is 0 Å². The van der Waals surface area contributed by atoms with Gasteiger partial charge in [-0.05, 0) is 6.92 Å². The van der Waals surface area contributed by atoms with Crippen molar-refractivity contribution in [3.63, 3.8) is 0 Å². The highest BCUT2D eigenvalue weighted by molar-refractivity contribution is 5.80. The summed E-state index contributed by atoms with van der Waals surface area (Å²) in [5, 5.41) is 6.20. The van der Waals surface area contributed by atoms with E-state index in [4.69, 9.17) is 0 Å². The van der Waals surface area contributed by atoms with Gasteiger partial charge in [-0.15, -0.1) is 0 Å². The predicted octanol–water partition coefficient (Wildman–Crippen LogP) is 1.53. The summed E-state index contributed by atoms with van der Waals surface area (Å²) in [6, 6.07) is 1.82. The summed E-state index contributed by atoms with van der Waals surface area (Å²) >= 11 is 0. The minimum absolute atomic E-state index is 0.00899. The van der Waals surface area contributed by atoms with Gasteiger partial charge in [0.1, 0.15) is 17.5 Å². The summed E-state index contributed by atoms with van der Waals surface area (Å²) in [4.78, 5) is 21.9. The van der Waals surface area contributed by atoms with Crippen LogP contribution in [0.4, 0.5) is 11.6 Å².